The lowest BCUT2D eigenvalue weighted by Crippen LogP contribution is -2.44. The molecule has 178 valence electrons. The van der Waals surface area contributed by atoms with E-state index < -0.39 is 11.2 Å². The quantitative estimate of drug-likeness (QED) is 0.479. The van der Waals surface area contributed by atoms with E-state index in [-0.39, 0.29) is 30.5 Å². The molecule has 2 aromatic rings. The van der Waals surface area contributed by atoms with E-state index in [0.29, 0.717) is 19.0 Å². The van der Waals surface area contributed by atoms with Crippen LogP contribution in [0.15, 0.2) is 51.6 Å². The second kappa shape index (κ2) is 11.5. The molecule has 3 rings (SSSR count). The summed E-state index contributed by atoms with van der Waals surface area (Å²) in [5, 5.41) is 2.91. The Morgan fingerprint density at radius 2 is 1.97 bits per heavy atom. The number of nitrogen functional groups attached to an aromatic ring is 1. The summed E-state index contributed by atoms with van der Waals surface area (Å²) in [6.45, 7) is 5.30. The molecule has 0 fully saturated rings. The van der Waals surface area contributed by atoms with Crippen LogP contribution in [0.3, 0.4) is 0 Å². The highest BCUT2D eigenvalue weighted by Gasteiger charge is 2.22. The number of H-pyrrole nitrogens is 1. The van der Waals surface area contributed by atoms with Crippen molar-refractivity contribution < 1.29 is 4.79 Å². The molecule has 0 saturated heterocycles. The number of carbonyl (C=O) groups excluding carboxylic acids is 1. The number of anilines is 2. The number of hydrogen-bond donors (Lipinski definition) is 3. The fourth-order valence-corrected chi connectivity index (χ4v) is 4.03. The summed E-state index contributed by atoms with van der Waals surface area (Å²) in [7, 11) is 0. The molecule has 0 atom stereocenters. The van der Waals surface area contributed by atoms with Crippen LogP contribution in [-0.2, 0) is 11.3 Å². The number of nitrogens with zero attached hydrogens (tertiary/aromatic N) is 2. The van der Waals surface area contributed by atoms with Gasteiger partial charge in [0.1, 0.15) is 11.5 Å². The Bertz CT molecular complexity index is 1090. The molecule has 8 nitrogen and oxygen atoms in total. The highest BCUT2D eigenvalue weighted by atomic mass is 16.2. The zero-order valence-electron chi connectivity index (χ0n) is 19.6. The van der Waals surface area contributed by atoms with Gasteiger partial charge in [-0.25, -0.2) is 4.79 Å². The number of amides is 1. The van der Waals surface area contributed by atoms with Crippen LogP contribution in [0, 0.1) is 5.92 Å². The number of nitrogens with two attached hydrogens (primary N) is 1. The summed E-state index contributed by atoms with van der Waals surface area (Å²) >= 11 is 0. The first kappa shape index (κ1) is 24.4. The summed E-state index contributed by atoms with van der Waals surface area (Å²) in [6.07, 6.45) is 7.45. The fourth-order valence-electron chi connectivity index (χ4n) is 4.03. The third-order valence-corrected chi connectivity index (χ3v) is 5.84. The van der Waals surface area contributed by atoms with Gasteiger partial charge in [-0.3, -0.25) is 19.1 Å². The molecular weight excluding hydrogens is 418 g/mol. The smallest absolute Gasteiger partial charge is 0.330 e. The van der Waals surface area contributed by atoms with E-state index in [1.807, 2.05) is 44.2 Å². The van der Waals surface area contributed by atoms with E-state index in [0.717, 1.165) is 31.2 Å². The van der Waals surface area contributed by atoms with Gasteiger partial charge >= 0.3 is 5.69 Å². The van der Waals surface area contributed by atoms with Crippen molar-refractivity contribution in [2.24, 2.45) is 5.92 Å². The van der Waals surface area contributed by atoms with Crippen LogP contribution in [0.25, 0.3) is 0 Å². The van der Waals surface area contributed by atoms with Gasteiger partial charge in [0.15, 0.2) is 0 Å². The van der Waals surface area contributed by atoms with Crippen molar-refractivity contribution >= 4 is 17.4 Å². The zero-order chi connectivity index (χ0) is 23.8. The highest BCUT2D eigenvalue weighted by molar-refractivity contribution is 5.82. The summed E-state index contributed by atoms with van der Waals surface area (Å²) in [5.74, 6) is 0.207. The maximum Gasteiger partial charge on any atom is 0.330 e. The van der Waals surface area contributed by atoms with Gasteiger partial charge in [0, 0.05) is 13.1 Å². The summed E-state index contributed by atoms with van der Waals surface area (Å²) < 4.78 is 1.35. The Morgan fingerprint density at radius 3 is 2.64 bits per heavy atom. The SMILES string of the molecule is CC(C)CNC(=O)CN(CCC1=CCCCC1)c1c(N)n(Cc2ccccc2)c(=O)[nH]c1=O. The largest absolute Gasteiger partial charge is 0.383 e. The van der Waals surface area contributed by atoms with Crippen molar-refractivity contribution in [1.29, 1.82) is 0 Å². The number of hydrogen-bond acceptors (Lipinski definition) is 5. The minimum atomic E-state index is -0.573. The van der Waals surface area contributed by atoms with Crippen molar-refractivity contribution in [1.82, 2.24) is 14.9 Å². The molecule has 1 heterocycles. The number of aromatic nitrogens is 2. The highest BCUT2D eigenvalue weighted by Crippen LogP contribution is 2.23. The van der Waals surface area contributed by atoms with Gasteiger partial charge in [-0.05, 0) is 43.6 Å². The van der Waals surface area contributed by atoms with Crippen molar-refractivity contribution in [3.05, 3.63) is 68.4 Å². The average molecular weight is 454 g/mol. The molecule has 1 aliphatic rings. The molecule has 0 unspecified atom stereocenters. The lowest BCUT2D eigenvalue weighted by atomic mass is 9.97. The van der Waals surface area contributed by atoms with Gasteiger partial charge in [-0.1, -0.05) is 55.8 Å². The number of aromatic amines is 1. The van der Waals surface area contributed by atoms with Gasteiger partial charge in [0.2, 0.25) is 5.91 Å². The first-order chi connectivity index (χ1) is 15.8. The number of benzene rings is 1. The third kappa shape index (κ3) is 6.84. The molecule has 0 radical (unpaired) electrons. The predicted octanol–water partition coefficient (Wildman–Crippen LogP) is 2.64. The predicted molar refractivity (Wildman–Crippen MR) is 133 cm³/mol. The first-order valence-corrected chi connectivity index (χ1v) is 11.7. The van der Waals surface area contributed by atoms with Crippen molar-refractivity contribution in [3.8, 4) is 0 Å². The lowest BCUT2D eigenvalue weighted by Gasteiger charge is -2.27. The molecule has 1 aromatic carbocycles. The van der Waals surface area contributed by atoms with E-state index in [2.05, 4.69) is 16.4 Å². The molecule has 0 saturated carbocycles. The van der Waals surface area contributed by atoms with Crippen LogP contribution in [0.2, 0.25) is 0 Å². The third-order valence-electron chi connectivity index (χ3n) is 5.84. The summed E-state index contributed by atoms with van der Waals surface area (Å²) in [4.78, 5) is 42.2. The maximum absolute atomic E-state index is 12.9. The summed E-state index contributed by atoms with van der Waals surface area (Å²) in [6, 6.07) is 9.44. The van der Waals surface area contributed by atoms with Crippen LogP contribution >= 0.6 is 0 Å². The number of rotatable bonds is 10. The number of allylic oxidation sites excluding steroid dienone is 1. The molecular formula is C25H35N5O3. The van der Waals surface area contributed by atoms with E-state index >= 15 is 0 Å². The van der Waals surface area contributed by atoms with E-state index in [4.69, 9.17) is 5.73 Å². The minimum absolute atomic E-state index is 0.00315. The Kier molecular flexibility index (Phi) is 8.52. The fraction of sp³-hybridized carbons (Fsp3) is 0.480. The molecule has 0 bridgehead atoms. The molecule has 8 heteroatoms. The van der Waals surface area contributed by atoms with Crippen molar-refractivity contribution in [2.75, 3.05) is 30.3 Å². The Hall–Kier alpha value is -3.29. The topological polar surface area (TPSA) is 113 Å². The standard InChI is InChI=1S/C25H35N5O3/c1-18(2)15-27-21(31)17-29(14-13-19-9-5-3-6-10-19)22-23(26)30(25(33)28-24(22)32)16-20-11-7-4-8-12-20/h4,7-9,11-12,18H,3,5-6,10,13-17,26H2,1-2H3,(H,27,31)(H,28,32,33). The zero-order valence-corrected chi connectivity index (χ0v) is 19.6. The minimum Gasteiger partial charge on any atom is -0.383 e. The summed E-state index contributed by atoms with van der Waals surface area (Å²) in [5.41, 5.74) is 7.65. The van der Waals surface area contributed by atoms with Crippen LogP contribution < -0.4 is 27.2 Å². The Balaban J connectivity index is 1.92. The van der Waals surface area contributed by atoms with Gasteiger partial charge < -0.3 is 16.0 Å². The van der Waals surface area contributed by atoms with E-state index in [9.17, 15) is 14.4 Å². The van der Waals surface area contributed by atoms with E-state index in [1.54, 1.807) is 4.90 Å². The second-order valence-electron chi connectivity index (χ2n) is 9.04. The van der Waals surface area contributed by atoms with Crippen LogP contribution in [0.4, 0.5) is 11.5 Å². The molecule has 0 spiro atoms. The maximum atomic E-state index is 12.9. The molecule has 1 aliphatic carbocycles. The monoisotopic (exact) mass is 453 g/mol. The van der Waals surface area contributed by atoms with Crippen LogP contribution in [0.1, 0.15) is 51.5 Å². The number of carbonyl (C=O) groups is 1. The van der Waals surface area contributed by atoms with Crippen LogP contribution in [0.5, 0.6) is 0 Å². The van der Waals surface area contributed by atoms with Crippen molar-refractivity contribution in [3.63, 3.8) is 0 Å². The molecule has 1 amide bonds. The first-order valence-electron chi connectivity index (χ1n) is 11.7. The van der Waals surface area contributed by atoms with Crippen LogP contribution in [-0.4, -0.2) is 35.1 Å². The molecule has 1 aromatic heterocycles. The van der Waals surface area contributed by atoms with Gasteiger partial charge in [0.25, 0.3) is 5.56 Å². The molecule has 33 heavy (non-hydrogen) atoms. The molecule has 4 N–H and O–H groups in total. The normalized spacial score (nSPS) is 13.6. The van der Waals surface area contributed by atoms with Gasteiger partial charge in [-0.15, -0.1) is 0 Å². The Morgan fingerprint density at radius 1 is 1.21 bits per heavy atom. The van der Waals surface area contributed by atoms with Crippen molar-refractivity contribution in [2.45, 2.75) is 52.5 Å². The average Bonchev–Trinajstić information content (AvgIpc) is 2.80. The van der Waals surface area contributed by atoms with Gasteiger partial charge in [0.05, 0.1) is 13.1 Å². The molecule has 0 aliphatic heterocycles. The lowest BCUT2D eigenvalue weighted by molar-refractivity contribution is -0.119. The van der Waals surface area contributed by atoms with Gasteiger partial charge in [-0.2, -0.15) is 0 Å². The second-order valence-corrected chi connectivity index (χ2v) is 9.04. The Labute approximate surface area is 194 Å². The van der Waals surface area contributed by atoms with E-state index in [1.165, 1.54) is 16.6 Å². The number of nitrogens with one attached hydrogen (secondary N) is 2.